The molecule has 47 heavy (non-hydrogen) atoms. The van der Waals surface area contributed by atoms with Crippen molar-refractivity contribution in [3.05, 3.63) is 170 Å². The SMILES string of the molecule is c1ccc(N(c2ccccc2)c2ccc(-c3cccn4nc(-c5cccc(-n6c7ccccc7c7cccnc76)c5)nc34)cc2)cc1. The van der Waals surface area contributed by atoms with Gasteiger partial charge in [0.25, 0.3) is 0 Å². The van der Waals surface area contributed by atoms with Gasteiger partial charge in [0.05, 0.1) is 5.52 Å². The Morgan fingerprint density at radius 3 is 2.00 bits per heavy atom. The van der Waals surface area contributed by atoms with Crippen LogP contribution in [0.5, 0.6) is 0 Å². The highest BCUT2D eigenvalue weighted by Gasteiger charge is 2.17. The molecule has 0 aliphatic heterocycles. The van der Waals surface area contributed by atoms with Gasteiger partial charge in [0.2, 0.25) is 0 Å². The second-order valence-electron chi connectivity index (χ2n) is 11.5. The molecule has 4 aromatic heterocycles. The summed E-state index contributed by atoms with van der Waals surface area (Å²) in [6.45, 7) is 0. The molecule has 0 saturated heterocycles. The van der Waals surface area contributed by atoms with Crippen molar-refractivity contribution in [1.82, 2.24) is 24.1 Å². The van der Waals surface area contributed by atoms with Crippen LogP contribution >= 0.6 is 0 Å². The highest BCUT2D eigenvalue weighted by molar-refractivity contribution is 6.07. The molecule has 0 aliphatic rings. The van der Waals surface area contributed by atoms with Gasteiger partial charge in [-0.25, -0.2) is 14.5 Å². The Kier molecular flexibility index (Phi) is 6.35. The van der Waals surface area contributed by atoms with Crippen LogP contribution in [0.3, 0.4) is 0 Å². The van der Waals surface area contributed by atoms with Crippen molar-refractivity contribution in [3.63, 3.8) is 0 Å². The molecular weight excluding hydrogens is 576 g/mol. The number of para-hydroxylation sites is 3. The van der Waals surface area contributed by atoms with Gasteiger partial charge in [-0.2, -0.15) is 0 Å². The van der Waals surface area contributed by atoms with Gasteiger partial charge in [0.15, 0.2) is 11.5 Å². The number of hydrogen-bond donors (Lipinski definition) is 0. The van der Waals surface area contributed by atoms with Crippen molar-refractivity contribution < 1.29 is 0 Å². The molecule has 0 aliphatic carbocycles. The van der Waals surface area contributed by atoms with E-state index >= 15 is 0 Å². The first-order chi connectivity index (χ1) is 23.3. The molecule has 4 heterocycles. The van der Waals surface area contributed by atoms with Crippen LogP contribution in [0.2, 0.25) is 0 Å². The van der Waals surface area contributed by atoms with Gasteiger partial charge in [-0.15, -0.1) is 5.10 Å². The lowest BCUT2D eigenvalue weighted by Crippen LogP contribution is -2.09. The second-order valence-corrected chi connectivity index (χ2v) is 11.5. The van der Waals surface area contributed by atoms with E-state index in [1.807, 2.05) is 41.2 Å². The molecule has 6 heteroatoms. The van der Waals surface area contributed by atoms with E-state index in [0.717, 1.165) is 61.6 Å². The topological polar surface area (TPSA) is 51.2 Å². The van der Waals surface area contributed by atoms with E-state index in [1.165, 1.54) is 5.39 Å². The molecule has 6 nitrogen and oxygen atoms in total. The molecule has 0 fully saturated rings. The fourth-order valence-electron chi connectivity index (χ4n) is 6.49. The summed E-state index contributed by atoms with van der Waals surface area (Å²) < 4.78 is 4.08. The smallest absolute Gasteiger partial charge is 0.182 e. The van der Waals surface area contributed by atoms with Gasteiger partial charge in [0, 0.05) is 57.0 Å². The zero-order valence-corrected chi connectivity index (χ0v) is 25.3. The molecule has 222 valence electrons. The number of hydrogen-bond acceptors (Lipinski definition) is 4. The van der Waals surface area contributed by atoms with Crippen LogP contribution in [-0.4, -0.2) is 24.1 Å². The maximum atomic E-state index is 5.08. The lowest BCUT2D eigenvalue weighted by atomic mass is 10.1. The molecule has 0 amide bonds. The summed E-state index contributed by atoms with van der Waals surface area (Å²) >= 11 is 0. The number of benzene rings is 5. The van der Waals surface area contributed by atoms with Crippen molar-refractivity contribution in [2.75, 3.05) is 4.90 Å². The first-order valence-corrected chi connectivity index (χ1v) is 15.6. The molecular formula is C41H28N6. The minimum absolute atomic E-state index is 0.670. The number of rotatable bonds is 6. The molecule has 0 saturated carbocycles. The molecule has 0 N–H and O–H groups in total. The summed E-state index contributed by atoms with van der Waals surface area (Å²) in [4.78, 5) is 12.1. The van der Waals surface area contributed by atoms with E-state index < -0.39 is 0 Å². The van der Waals surface area contributed by atoms with E-state index in [4.69, 9.17) is 15.1 Å². The molecule has 0 radical (unpaired) electrons. The molecule has 5 aromatic carbocycles. The zero-order valence-electron chi connectivity index (χ0n) is 25.3. The van der Waals surface area contributed by atoms with Gasteiger partial charge in [-0.3, -0.25) is 4.57 Å². The van der Waals surface area contributed by atoms with E-state index in [2.05, 4.69) is 143 Å². The summed E-state index contributed by atoms with van der Waals surface area (Å²) in [6.07, 6.45) is 3.80. The van der Waals surface area contributed by atoms with Crippen LogP contribution in [0.1, 0.15) is 0 Å². The third-order valence-corrected chi connectivity index (χ3v) is 8.62. The van der Waals surface area contributed by atoms with E-state index in [0.29, 0.717) is 5.82 Å². The van der Waals surface area contributed by atoms with Gasteiger partial charge in [-0.05, 0) is 84.4 Å². The monoisotopic (exact) mass is 604 g/mol. The third-order valence-electron chi connectivity index (χ3n) is 8.62. The summed E-state index contributed by atoms with van der Waals surface area (Å²) in [7, 11) is 0. The highest BCUT2D eigenvalue weighted by Crippen LogP contribution is 2.36. The molecule has 9 rings (SSSR count). The first kappa shape index (κ1) is 26.8. The minimum atomic E-state index is 0.670. The predicted molar refractivity (Wildman–Crippen MR) is 191 cm³/mol. The van der Waals surface area contributed by atoms with Crippen molar-refractivity contribution >= 4 is 44.6 Å². The minimum Gasteiger partial charge on any atom is -0.311 e. The number of nitrogens with zero attached hydrogens (tertiary/aromatic N) is 6. The lowest BCUT2D eigenvalue weighted by molar-refractivity contribution is 0.966. The summed E-state index contributed by atoms with van der Waals surface area (Å²) in [6, 6.07) is 54.6. The first-order valence-electron chi connectivity index (χ1n) is 15.6. The average Bonchev–Trinajstić information content (AvgIpc) is 3.73. The molecule has 9 aromatic rings. The molecule has 0 unspecified atom stereocenters. The Balaban J connectivity index is 1.10. The Morgan fingerprint density at radius 2 is 1.21 bits per heavy atom. The zero-order chi connectivity index (χ0) is 31.2. The van der Waals surface area contributed by atoms with Crippen LogP contribution in [0.15, 0.2) is 170 Å². The summed E-state index contributed by atoms with van der Waals surface area (Å²) in [5.41, 5.74) is 10.2. The van der Waals surface area contributed by atoms with Gasteiger partial charge >= 0.3 is 0 Å². The molecule has 0 bridgehead atoms. The number of aromatic nitrogens is 5. The Bertz CT molecular complexity index is 2420. The lowest BCUT2D eigenvalue weighted by Gasteiger charge is -2.25. The Labute approximate surface area is 271 Å². The van der Waals surface area contributed by atoms with E-state index in [-0.39, 0.29) is 0 Å². The van der Waals surface area contributed by atoms with Crippen molar-refractivity contribution in [2.24, 2.45) is 0 Å². The summed E-state index contributed by atoms with van der Waals surface area (Å²) in [5.74, 6) is 0.670. The van der Waals surface area contributed by atoms with Crippen LogP contribution < -0.4 is 4.90 Å². The highest BCUT2D eigenvalue weighted by atomic mass is 15.3. The fourth-order valence-corrected chi connectivity index (χ4v) is 6.49. The maximum Gasteiger partial charge on any atom is 0.182 e. The van der Waals surface area contributed by atoms with Crippen LogP contribution in [0, 0.1) is 0 Å². The van der Waals surface area contributed by atoms with Gasteiger partial charge in [-0.1, -0.05) is 78.9 Å². The van der Waals surface area contributed by atoms with E-state index in [9.17, 15) is 0 Å². The predicted octanol–water partition coefficient (Wildman–Crippen LogP) is 10.0. The van der Waals surface area contributed by atoms with Gasteiger partial charge < -0.3 is 4.90 Å². The number of pyridine rings is 2. The second kappa shape index (κ2) is 11.1. The van der Waals surface area contributed by atoms with Crippen LogP contribution in [-0.2, 0) is 0 Å². The van der Waals surface area contributed by atoms with E-state index in [1.54, 1.807) is 0 Å². The van der Waals surface area contributed by atoms with Crippen molar-refractivity contribution in [2.45, 2.75) is 0 Å². The molecule has 0 spiro atoms. The maximum absolute atomic E-state index is 5.08. The Hall–Kier alpha value is -6.53. The van der Waals surface area contributed by atoms with Crippen LogP contribution in [0.25, 0.3) is 55.8 Å². The number of fused-ring (bicyclic) bond motifs is 4. The van der Waals surface area contributed by atoms with Crippen LogP contribution in [0.4, 0.5) is 17.1 Å². The largest absolute Gasteiger partial charge is 0.311 e. The summed E-state index contributed by atoms with van der Waals surface area (Å²) in [5, 5.41) is 7.22. The van der Waals surface area contributed by atoms with Crippen molar-refractivity contribution in [1.29, 1.82) is 0 Å². The fraction of sp³-hybridized carbons (Fsp3) is 0. The van der Waals surface area contributed by atoms with Gasteiger partial charge in [0.1, 0.15) is 5.65 Å². The van der Waals surface area contributed by atoms with Crippen molar-refractivity contribution in [3.8, 4) is 28.2 Å². The molecule has 0 atom stereocenters. The Morgan fingerprint density at radius 1 is 0.511 bits per heavy atom. The standard InChI is InChI=1S/C41H28N6/c1-3-13-31(14-4-1)46(32-15-5-2-6-16-32)33-24-22-29(23-25-33)35-20-11-27-45-41(35)43-39(44-45)30-12-9-17-34(28-30)47-38-21-8-7-18-36(38)37-19-10-26-42-40(37)47/h1-28H. The average molecular weight is 605 g/mol. The third kappa shape index (κ3) is 4.62. The number of anilines is 3. The quantitative estimate of drug-likeness (QED) is 0.190. The normalized spacial score (nSPS) is 11.4.